The van der Waals surface area contributed by atoms with Crippen molar-refractivity contribution in [1.29, 1.82) is 0 Å². The van der Waals surface area contributed by atoms with Gasteiger partial charge in [0.25, 0.3) is 5.69 Å². The van der Waals surface area contributed by atoms with Crippen molar-refractivity contribution in [3.8, 4) is 5.69 Å². The number of ether oxygens (including phenoxy) is 1. The molecule has 7 heteroatoms. The Hall–Kier alpha value is -2.70. The summed E-state index contributed by atoms with van der Waals surface area (Å²) in [5.74, 6) is -1.06. The smallest absolute Gasteiger partial charge is 0.438 e. The maximum Gasteiger partial charge on any atom is 0.438 e. The zero-order valence-electron chi connectivity index (χ0n) is 10.3. The lowest BCUT2D eigenvalue weighted by molar-refractivity contribution is -0.672. The molecule has 1 heterocycles. The molecule has 1 aromatic heterocycles. The number of para-hydroxylation sites is 1. The number of aromatic nitrogens is 2. The molecule has 0 amide bonds. The highest BCUT2D eigenvalue weighted by atomic mass is 16.5. The van der Waals surface area contributed by atoms with Gasteiger partial charge in [-0.05, 0) is 16.0 Å². The first kappa shape index (κ1) is 12.7. The Morgan fingerprint density at radius 3 is 2.63 bits per heavy atom. The molecule has 0 fully saturated rings. The van der Waals surface area contributed by atoms with Crippen LogP contribution in [-0.4, -0.2) is 24.1 Å². The number of carbonyl (C=O) groups excluding carboxylic acids is 2. The van der Waals surface area contributed by atoms with Gasteiger partial charge >= 0.3 is 17.3 Å². The normalized spacial score (nSPS) is 10.2. The summed E-state index contributed by atoms with van der Waals surface area (Å²) in [6.45, 7) is 1.23. The number of hydrogen-bond acceptors (Lipinski definition) is 5. The summed E-state index contributed by atoms with van der Waals surface area (Å²) < 4.78 is 10.4. The molecule has 0 radical (unpaired) electrons. The molecule has 2 aromatic rings. The number of carbonyl (C=O) groups is 2. The number of esters is 1. The van der Waals surface area contributed by atoms with Crippen molar-refractivity contribution in [1.82, 2.24) is 5.27 Å². The zero-order chi connectivity index (χ0) is 14.0. The summed E-state index contributed by atoms with van der Waals surface area (Å²) in [7, 11) is 1.24. The molecule has 0 saturated heterocycles. The second-order valence-electron chi connectivity index (χ2n) is 3.73. The van der Waals surface area contributed by atoms with Gasteiger partial charge in [0.1, 0.15) is 5.56 Å². The average molecular weight is 263 g/mol. The molecule has 0 aliphatic heterocycles. The minimum absolute atomic E-state index is 0.198. The zero-order valence-corrected chi connectivity index (χ0v) is 10.3. The predicted molar refractivity (Wildman–Crippen MR) is 62.2 cm³/mol. The van der Waals surface area contributed by atoms with E-state index in [4.69, 9.17) is 0 Å². The summed E-state index contributed by atoms with van der Waals surface area (Å²) in [4.78, 5) is 34.6. The minimum Gasteiger partial charge on any atom is -0.465 e. The Morgan fingerprint density at radius 1 is 1.32 bits per heavy atom. The maximum absolute atomic E-state index is 11.7. The van der Waals surface area contributed by atoms with Gasteiger partial charge in [0.05, 0.1) is 7.11 Å². The highest BCUT2D eigenvalue weighted by Gasteiger charge is 2.31. The minimum atomic E-state index is -0.799. The van der Waals surface area contributed by atoms with Crippen LogP contribution in [0.25, 0.3) is 5.69 Å². The summed E-state index contributed by atoms with van der Waals surface area (Å²) in [6.07, 6.45) is 0. The number of aromatic amines is 1. The molecule has 1 N–H and O–H groups in total. The van der Waals surface area contributed by atoms with Crippen LogP contribution in [0.1, 0.15) is 27.8 Å². The van der Waals surface area contributed by atoms with Gasteiger partial charge in [-0.2, -0.15) is 0 Å². The Balaban J connectivity index is 2.70. The van der Waals surface area contributed by atoms with Crippen LogP contribution >= 0.6 is 0 Å². The number of hydrogen-bond donors (Lipinski definition) is 1. The van der Waals surface area contributed by atoms with Crippen LogP contribution < -0.4 is 10.3 Å². The fourth-order valence-corrected chi connectivity index (χ4v) is 1.69. The molecule has 7 nitrogen and oxygen atoms in total. The van der Waals surface area contributed by atoms with E-state index in [2.05, 4.69) is 14.5 Å². The van der Waals surface area contributed by atoms with Crippen molar-refractivity contribution in [2.24, 2.45) is 0 Å². The van der Waals surface area contributed by atoms with Crippen LogP contribution in [-0.2, 0) is 4.74 Å². The van der Waals surface area contributed by atoms with Crippen LogP contribution in [0.5, 0.6) is 0 Å². The second-order valence-corrected chi connectivity index (χ2v) is 3.73. The van der Waals surface area contributed by atoms with Gasteiger partial charge in [0.2, 0.25) is 5.78 Å². The molecule has 0 spiro atoms. The molecule has 98 valence electrons. The van der Waals surface area contributed by atoms with E-state index in [1.54, 1.807) is 18.2 Å². The van der Waals surface area contributed by atoms with Crippen molar-refractivity contribution < 1.29 is 23.5 Å². The molecule has 0 aliphatic rings. The van der Waals surface area contributed by atoms with Crippen molar-refractivity contribution in [2.45, 2.75) is 6.92 Å². The highest BCUT2D eigenvalue weighted by molar-refractivity contribution is 5.93. The second kappa shape index (κ2) is 4.89. The Bertz CT molecular complexity index is 698. The number of benzene rings is 1. The molecule has 0 unspecified atom stereocenters. The van der Waals surface area contributed by atoms with Gasteiger partial charge in [-0.3, -0.25) is 9.32 Å². The van der Waals surface area contributed by atoms with E-state index >= 15 is 0 Å². The van der Waals surface area contributed by atoms with Gasteiger partial charge in [0, 0.05) is 13.0 Å². The Kier molecular flexibility index (Phi) is 3.28. The Labute approximate surface area is 107 Å². The van der Waals surface area contributed by atoms with Gasteiger partial charge in [-0.1, -0.05) is 12.1 Å². The van der Waals surface area contributed by atoms with Crippen molar-refractivity contribution >= 4 is 11.8 Å². The number of ketones is 1. The van der Waals surface area contributed by atoms with Crippen LogP contribution in [0.15, 0.2) is 33.6 Å². The van der Waals surface area contributed by atoms with Crippen LogP contribution in [0.3, 0.4) is 0 Å². The number of Topliss-reactive ketones (excluding diaryl/α,β-unsaturated/α-hetero) is 1. The molecule has 0 atom stereocenters. The molecule has 0 bridgehead atoms. The van der Waals surface area contributed by atoms with E-state index in [1.807, 2.05) is 0 Å². The lowest BCUT2D eigenvalue weighted by atomic mass is 10.1. The van der Waals surface area contributed by atoms with E-state index in [0.29, 0.717) is 5.69 Å². The van der Waals surface area contributed by atoms with E-state index in [9.17, 15) is 14.4 Å². The Morgan fingerprint density at radius 2 is 2.00 bits per heavy atom. The average Bonchev–Trinajstić information content (AvgIpc) is 2.79. The maximum atomic E-state index is 11.7. The molecule has 2 rings (SSSR count). The molecule has 1 aromatic carbocycles. The summed E-state index contributed by atoms with van der Waals surface area (Å²) >= 11 is 0. The monoisotopic (exact) mass is 263 g/mol. The van der Waals surface area contributed by atoms with Crippen molar-refractivity contribution in [3.63, 3.8) is 0 Å². The largest absolute Gasteiger partial charge is 0.465 e. The third-order valence-corrected chi connectivity index (χ3v) is 2.53. The van der Waals surface area contributed by atoms with Crippen LogP contribution in [0.4, 0.5) is 0 Å². The van der Waals surface area contributed by atoms with Crippen molar-refractivity contribution in [3.05, 3.63) is 45.9 Å². The van der Waals surface area contributed by atoms with E-state index in [0.717, 1.165) is 4.68 Å². The third kappa shape index (κ3) is 2.17. The molecule has 0 aliphatic carbocycles. The summed E-state index contributed by atoms with van der Waals surface area (Å²) in [5, 5.41) is 2.29. The van der Waals surface area contributed by atoms with Gasteiger partial charge < -0.3 is 4.74 Å². The molecular weight excluding hydrogens is 252 g/mol. The van der Waals surface area contributed by atoms with Gasteiger partial charge in [0.15, 0.2) is 0 Å². The number of rotatable bonds is 3. The van der Waals surface area contributed by atoms with E-state index in [-0.39, 0.29) is 11.3 Å². The van der Waals surface area contributed by atoms with Gasteiger partial charge in [-0.15, -0.1) is 0 Å². The number of H-pyrrole nitrogens is 1. The SMILES string of the molecule is COC(=O)c1ccccc1-[n+]1[nH]oc(=O)c1C(C)=O. The predicted octanol–water partition coefficient (Wildman–Crippen LogP) is 0.234. The quantitative estimate of drug-likeness (QED) is 0.486. The van der Waals surface area contributed by atoms with Crippen molar-refractivity contribution in [2.75, 3.05) is 7.11 Å². The number of nitrogens with zero attached hydrogens (tertiary/aromatic N) is 1. The lowest BCUT2D eigenvalue weighted by Gasteiger charge is -2.00. The van der Waals surface area contributed by atoms with Crippen LogP contribution in [0.2, 0.25) is 0 Å². The molecule has 19 heavy (non-hydrogen) atoms. The van der Waals surface area contributed by atoms with E-state index in [1.165, 1.54) is 20.1 Å². The van der Waals surface area contributed by atoms with Gasteiger partial charge in [-0.25, -0.2) is 9.59 Å². The first-order valence-corrected chi connectivity index (χ1v) is 5.38. The van der Waals surface area contributed by atoms with Crippen LogP contribution in [0, 0.1) is 0 Å². The summed E-state index contributed by atoms with van der Waals surface area (Å²) in [6, 6.07) is 6.37. The highest BCUT2D eigenvalue weighted by Crippen LogP contribution is 2.09. The molecule has 0 saturated carbocycles. The first-order chi connectivity index (χ1) is 9.06. The topological polar surface area (TPSA) is 93.2 Å². The molecular formula is C12H11N2O5+. The first-order valence-electron chi connectivity index (χ1n) is 5.38. The lowest BCUT2D eigenvalue weighted by Crippen LogP contribution is -2.42. The number of methoxy groups -OCH3 is 1. The fourth-order valence-electron chi connectivity index (χ4n) is 1.69. The summed E-state index contributed by atoms with van der Waals surface area (Å²) in [5.41, 5.74) is -0.497. The third-order valence-electron chi connectivity index (χ3n) is 2.53. The number of nitrogens with one attached hydrogen (secondary N) is 1. The van der Waals surface area contributed by atoms with E-state index < -0.39 is 17.4 Å². The standard InChI is InChI=1S/C12H10N2O5/c1-7(15)10-12(17)19-13-14(10)9-6-4-3-5-8(9)11(16)18-2/h3-6H,1-2H3/p+1. The fraction of sp³-hybridized carbons (Fsp3) is 0.167.